The van der Waals surface area contributed by atoms with Gasteiger partial charge >= 0.3 is 10.1 Å². The summed E-state index contributed by atoms with van der Waals surface area (Å²) in [7, 11) is -6.93. The van der Waals surface area contributed by atoms with Crippen molar-refractivity contribution in [2.24, 2.45) is 0 Å². The number of nitrogens with one attached hydrogen (secondary N) is 1. The molecule has 67 heavy (non-hydrogen) atoms. The van der Waals surface area contributed by atoms with Crippen LogP contribution in [0.3, 0.4) is 0 Å². The van der Waals surface area contributed by atoms with Crippen LogP contribution >= 0.6 is 11.6 Å². The van der Waals surface area contributed by atoms with E-state index in [1.165, 1.54) is 43.7 Å². The van der Waals surface area contributed by atoms with Gasteiger partial charge in [-0.05, 0) is 94.9 Å². The largest absolute Gasteiger partial charge is 0.379 e. The molecule has 3 aromatic heterocycles. The number of amides is 1. The summed E-state index contributed by atoms with van der Waals surface area (Å²) in [5, 5.41) is 6.50. The molecule has 0 aliphatic carbocycles. The zero-order valence-corrected chi connectivity index (χ0v) is 38.5. The number of carbonyl (C=O) groups excluding carboxylic acids is 1. The Morgan fingerprint density at radius 2 is 1.33 bits per heavy atom. The third-order valence-corrected chi connectivity index (χ3v) is 15.4. The Morgan fingerprint density at radius 3 is 2.01 bits per heavy atom. The minimum Gasteiger partial charge on any atom is -0.379 e. The van der Waals surface area contributed by atoms with Crippen LogP contribution in [0.15, 0.2) is 185 Å². The van der Waals surface area contributed by atoms with Crippen molar-refractivity contribution in [3.63, 3.8) is 0 Å². The fraction of sp³-hybridized carbons (Fsp3) is 0.137. The van der Waals surface area contributed by atoms with E-state index in [-0.39, 0.29) is 33.4 Å². The second kappa shape index (κ2) is 19.0. The fourth-order valence-corrected chi connectivity index (χ4v) is 11.3. The molecule has 6 aromatic carbocycles. The number of aromatic nitrogens is 3. The minimum absolute atomic E-state index is 0.0144. The number of carbonyl (C=O) groups is 1. The number of sulfonamides is 1. The van der Waals surface area contributed by atoms with E-state index in [2.05, 4.69) is 19.9 Å². The van der Waals surface area contributed by atoms with Crippen LogP contribution in [-0.2, 0) is 31.4 Å². The maximum Gasteiger partial charge on any atom is 0.339 e. The lowest BCUT2D eigenvalue weighted by molar-refractivity contribution is -0.135. The molecule has 1 atom stereocenters. The van der Waals surface area contributed by atoms with Crippen molar-refractivity contribution in [1.29, 1.82) is 0 Å². The van der Waals surface area contributed by atoms with E-state index in [9.17, 15) is 26.4 Å². The van der Waals surface area contributed by atoms with Crippen LogP contribution in [0, 0.1) is 0 Å². The summed E-state index contributed by atoms with van der Waals surface area (Å²) >= 11 is 5.96. The second-order valence-corrected chi connectivity index (χ2v) is 19.9. The summed E-state index contributed by atoms with van der Waals surface area (Å²) in [6.07, 6.45) is 7.94. The molecule has 0 spiro atoms. The summed E-state index contributed by atoms with van der Waals surface area (Å²) in [6.45, 7) is 2.05. The SMILES string of the molecule is CN([C@@H](Cc1ccc(OS(=O)(=O)c2cccc3cnccc23)cc1)C(=O)N1CCN(c2ccccc2)CC1)S(=O)(=O)c1cccc2cnccc12.O=c1[nH]ccc2ccc3ccc(Cl)cc3c12. The van der Waals surface area contributed by atoms with Gasteiger partial charge in [-0.3, -0.25) is 19.6 Å². The molecule has 13 nitrogen and oxygen atoms in total. The lowest BCUT2D eigenvalue weighted by atomic mass is 10.0. The van der Waals surface area contributed by atoms with Gasteiger partial charge in [-0.15, -0.1) is 0 Å². The molecule has 0 unspecified atom stereocenters. The third kappa shape index (κ3) is 9.45. The normalized spacial score (nSPS) is 13.7. The van der Waals surface area contributed by atoms with E-state index < -0.39 is 26.2 Å². The molecular formula is C51H43ClN6O7S2. The summed E-state index contributed by atoms with van der Waals surface area (Å²) in [6, 6.07) is 39.7. The number of benzene rings is 6. The third-order valence-electron chi connectivity index (χ3n) is 11.9. The molecule has 1 N–H and O–H groups in total. The van der Waals surface area contributed by atoms with Crippen LogP contribution in [0.5, 0.6) is 5.75 Å². The maximum atomic E-state index is 14.3. The van der Waals surface area contributed by atoms with E-state index in [0.717, 1.165) is 26.2 Å². The number of hydrogen-bond donors (Lipinski definition) is 1. The highest BCUT2D eigenvalue weighted by Gasteiger charge is 2.37. The van der Waals surface area contributed by atoms with Crippen molar-refractivity contribution in [2.45, 2.75) is 22.3 Å². The van der Waals surface area contributed by atoms with Gasteiger partial charge in [0.2, 0.25) is 15.9 Å². The van der Waals surface area contributed by atoms with Gasteiger partial charge in [0.05, 0.1) is 10.3 Å². The number of pyridine rings is 3. The molecule has 16 heteroatoms. The molecule has 10 rings (SSSR count). The lowest BCUT2D eigenvalue weighted by Gasteiger charge is -2.39. The van der Waals surface area contributed by atoms with Gasteiger partial charge in [-0.1, -0.05) is 84.4 Å². The van der Waals surface area contributed by atoms with Crippen molar-refractivity contribution in [2.75, 3.05) is 38.1 Å². The van der Waals surface area contributed by atoms with Crippen LogP contribution < -0.4 is 14.6 Å². The molecular weight excluding hydrogens is 908 g/mol. The van der Waals surface area contributed by atoms with Crippen molar-refractivity contribution in [3.8, 4) is 5.75 Å². The Labute approximate surface area is 392 Å². The molecule has 1 amide bonds. The minimum atomic E-state index is -4.19. The highest BCUT2D eigenvalue weighted by molar-refractivity contribution is 7.89. The molecule has 4 heterocycles. The van der Waals surface area contributed by atoms with Crippen LogP contribution in [0.1, 0.15) is 5.56 Å². The molecule has 0 bridgehead atoms. The number of H-pyrrole nitrogens is 1. The van der Waals surface area contributed by atoms with Gasteiger partial charge in [0, 0.05) is 96.5 Å². The topological polar surface area (TPSA) is 163 Å². The molecule has 0 saturated carbocycles. The first-order chi connectivity index (χ1) is 32.4. The van der Waals surface area contributed by atoms with Crippen molar-refractivity contribution < 1.29 is 25.8 Å². The van der Waals surface area contributed by atoms with Crippen molar-refractivity contribution >= 4 is 86.4 Å². The average Bonchev–Trinajstić information content (AvgIpc) is 3.35. The lowest BCUT2D eigenvalue weighted by Crippen LogP contribution is -2.56. The molecule has 1 aliphatic rings. The Bertz CT molecular complexity index is 3560. The molecule has 338 valence electrons. The Balaban J connectivity index is 0.000000294. The number of fused-ring (bicyclic) bond motifs is 5. The van der Waals surface area contributed by atoms with E-state index in [1.54, 1.807) is 72.0 Å². The van der Waals surface area contributed by atoms with Crippen molar-refractivity contribution in [3.05, 3.63) is 191 Å². The second-order valence-electron chi connectivity index (χ2n) is 16.0. The Hall–Kier alpha value is -7.17. The molecule has 1 saturated heterocycles. The van der Waals surface area contributed by atoms with Crippen molar-refractivity contribution in [1.82, 2.24) is 24.2 Å². The van der Waals surface area contributed by atoms with Gasteiger partial charge in [0.15, 0.2) is 0 Å². The number of nitrogens with zero attached hydrogens (tertiary/aromatic N) is 5. The Kier molecular flexibility index (Phi) is 12.7. The van der Waals surface area contributed by atoms with Gasteiger partial charge in [0.25, 0.3) is 5.56 Å². The zero-order valence-electron chi connectivity index (χ0n) is 36.1. The smallest absolute Gasteiger partial charge is 0.339 e. The van der Waals surface area contributed by atoms with Crippen LogP contribution in [0.25, 0.3) is 43.1 Å². The average molecular weight is 952 g/mol. The van der Waals surface area contributed by atoms with Gasteiger partial charge in [-0.25, -0.2) is 8.42 Å². The first-order valence-electron chi connectivity index (χ1n) is 21.3. The number of hydrogen-bond acceptors (Lipinski definition) is 10. The number of likely N-dealkylation sites (N-methyl/N-ethyl adjacent to an activating group) is 1. The summed E-state index contributed by atoms with van der Waals surface area (Å²) in [5.41, 5.74) is 1.61. The highest BCUT2D eigenvalue weighted by atomic mass is 35.5. The number of halogens is 1. The van der Waals surface area contributed by atoms with E-state index >= 15 is 0 Å². The maximum absolute atomic E-state index is 14.3. The highest BCUT2D eigenvalue weighted by Crippen LogP contribution is 2.30. The van der Waals surface area contributed by atoms with Crippen LogP contribution in [-0.4, -0.2) is 86.2 Å². The monoisotopic (exact) mass is 950 g/mol. The predicted octanol–water partition coefficient (Wildman–Crippen LogP) is 8.47. The van der Waals surface area contributed by atoms with Gasteiger partial charge < -0.3 is 19.0 Å². The van der Waals surface area contributed by atoms with Gasteiger partial charge in [-0.2, -0.15) is 12.7 Å². The summed E-state index contributed by atoms with van der Waals surface area (Å²) < 4.78 is 61.8. The molecule has 1 fully saturated rings. The van der Waals surface area contributed by atoms with E-state index in [0.29, 0.717) is 63.7 Å². The number of piperazine rings is 1. The van der Waals surface area contributed by atoms with Crippen LogP contribution in [0.2, 0.25) is 5.02 Å². The quantitative estimate of drug-likeness (QED) is 0.104. The Morgan fingerprint density at radius 1 is 0.701 bits per heavy atom. The fourth-order valence-electron chi connectivity index (χ4n) is 8.41. The molecule has 0 radical (unpaired) electrons. The summed E-state index contributed by atoms with van der Waals surface area (Å²) in [5.74, 6) is -0.237. The summed E-state index contributed by atoms with van der Waals surface area (Å²) in [4.78, 5) is 41.0. The predicted molar refractivity (Wildman–Crippen MR) is 263 cm³/mol. The number of para-hydroxylation sites is 1. The number of anilines is 1. The zero-order chi connectivity index (χ0) is 46.7. The first kappa shape index (κ1) is 45.0. The van der Waals surface area contributed by atoms with E-state index in [1.807, 2.05) is 66.7 Å². The number of rotatable bonds is 10. The van der Waals surface area contributed by atoms with Crippen LogP contribution in [0.4, 0.5) is 5.69 Å². The van der Waals surface area contributed by atoms with E-state index in [4.69, 9.17) is 15.8 Å². The molecule has 1 aliphatic heterocycles. The first-order valence-corrected chi connectivity index (χ1v) is 24.6. The standard InChI is InChI=1S/C38H35N5O6S2.C13H8ClNO/c1-41(50(45,46)36-11-5-7-29-26-39-19-17-33(29)36)35(38(44)43-23-21-42(22-24-43)31-9-3-2-4-10-31)25-28-13-15-32(16-14-28)49-51(47,48)37-12-6-8-30-27-40-20-18-34(30)37;14-10-4-3-8-1-2-9-5-6-15-13(16)12(9)11(8)7-10/h2-20,26-27,35H,21-25H2,1H3;1-7H,(H,15,16)/t35-;/m0./s1. The van der Waals surface area contributed by atoms with Gasteiger partial charge in [0.1, 0.15) is 16.7 Å². The number of aromatic amines is 1. The molecule has 9 aromatic rings.